The van der Waals surface area contributed by atoms with Crippen molar-refractivity contribution in [2.45, 2.75) is 31.1 Å². The summed E-state index contributed by atoms with van der Waals surface area (Å²) in [5.74, 6) is 1.25. The van der Waals surface area contributed by atoms with Gasteiger partial charge in [-0.15, -0.1) is 0 Å². The van der Waals surface area contributed by atoms with Crippen LogP contribution < -0.4 is 4.74 Å². The molecule has 108 valence electrons. The van der Waals surface area contributed by atoms with Crippen LogP contribution in [0.3, 0.4) is 0 Å². The molecule has 3 rings (SSSR count). The van der Waals surface area contributed by atoms with Gasteiger partial charge in [-0.25, -0.2) is 0 Å². The van der Waals surface area contributed by atoms with E-state index in [1.165, 1.54) is 11.1 Å². The van der Waals surface area contributed by atoms with E-state index in [1.807, 2.05) is 18.2 Å². The van der Waals surface area contributed by atoms with E-state index in [0.717, 1.165) is 18.6 Å². The minimum Gasteiger partial charge on any atom is -0.497 e. The molecule has 1 saturated carbocycles. The first-order chi connectivity index (χ1) is 10.2. The zero-order chi connectivity index (χ0) is 14.7. The van der Waals surface area contributed by atoms with E-state index in [1.54, 1.807) is 7.11 Å². The topological polar surface area (TPSA) is 26.3 Å². The Labute approximate surface area is 125 Å². The smallest absolute Gasteiger partial charge is 0.133 e. The van der Waals surface area contributed by atoms with Crippen molar-refractivity contribution in [2.24, 2.45) is 0 Å². The summed E-state index contributed by atoms with van der Waals surface area (Å²) in [5, 5.41) is 0. The first kappa shape index (κ1) is 13.9. The maximum Gasteiger partial charge on any atom is 0.133 e. The largest absolute Gasteiger partial charge is 0.497 e. The van der Waals surface area contributed by atoms with Crippen molar-refractivity contribution in [3.63, 3.8) is 0 Å². The summed E-state index contributed by atoms with van der Waals surface area (Å²) >= 11 is 0. The van der Waals surface area contributed by atoms with Crippen LogP contribution in [0.2, 0.25) is 0 Å². The van der Waals surface area contributed by atoms with Gasteiger partial charge in [-0.2, -0.15) is 0 Å². The van der Waals surface area contributed by atoms with Gasteiger partial charge in [0.25, 0.3) is 0 Å². The second-order valence-corrected chi connectivity index (χ2v) is 5.89. The molecule has 2 nitrogen and oxygen atoms in total. The van der Waals surface area contributed by atoms with Crippen LogP contribution in [0.1, 0.15) is 30.4 Å². The number of carbonyl (C=O) groups is 1. The van der Waals surface area contributed by atoms with Gasteiger partial charge < -0.3 is 4.74 Å². The van der Waals surface area contributed by atoms with Crippen LogP contribution in [0.25, 0.3) is 0 Å². The average molecular weight is 280 g/mol. The highest BCUT2D eigenvalue weighted by molar-refractivity contribution is 5.83. The number of carbonyl (C=O) groups excluding carboxylic acids is 1. The molecule has 21 heavy (non-hydrogen) atoms. The third-order valence-corrected chi connectivity index (χ3v) is 4.51. The second-order valence-electron chi connectivity index (χ2n) is 5.89. The zero-order valence-corrected chi connectivity index (χ0v) is 12.3. The van der Waals surface area contributed by atoms with Gasteiger partial charge in [0, 0.05) is 18.3 Å². The van der Waals surface area contributed by atoms with E-state index < -0.39 is 0 Å². The van der Waals surface area contributed by atoms with Gasteiger partial charge in [0.2, 0.25) is 0 Å². The minimum atomic E-state index is -0.0348. The molecule has 1 unspecified atom stereocenters. The fourth-order valence-corrected chi connectivity index (χ4v) is 3.36. The lowest BCUT2D eigenvalue weighted by Crippen LogP contribution is -2.26. The molecule has 1 fully saturated rings. The van der Waals surface area contributed by atoms with Crippen molar-refractivity contribution in [3.8, 4) is 5.75 Å². The molecule has 0 radical (unpaired) electrons. The maximum absolute atomic E-state index is 11.9. The van der Waals surface area contributed by atoms with E-state index in [2.05, 4.69) is 36.4 Å². The molecule has 0 aromatic heterocycles. The summed E-state index contributed by atoms with van der Waals surface area (Å²) in [5.41, 5.74) is 2.51. The van der Waals surface area contributed by atoms with Gasteiger partial charge in [-0.05, 0) is 36.1 Å². The van der Waals surface area contributed by atoms with Crippen molar-refractivity contribution < 1.29 is 9.53 Å². The van der Waals surface area contributed by atoms with E-state index in [0.29, 0.717) is 18.6 Å². The van der Waals surface area contributed by atoms with Gasteiger partial charge in [0.15, 0.2) is 0 Å². The van der Waals surface area contributed by atoms with Crippen molar-refractivity contribution in [2.75, 3.05) is 7.11 Å². The highest BCUT2D eigenvalue weighted by Gasteiger charge is 2.39. The highest BCUT2D eigenvalue weighted by Crippen LogP contribution is 2.42. The van der Waals surface area contributed by atoms with Crippen LogP contribution in [0.15, 0.2) is 54.6 Å². The number of ether oxygens (including phenoxy) is 1. The number of hydrogen-bond acceptors (Lipinski definition) is 2. The standard InChI is InChI=1S/C19H20O2/c1-21-18-9-7-15(8-10-18)13-19(12-11-17(20)14-19)16-5-3-2-4-6-16/h2-10H,11-14H2,1H3. The van der Waals surface area contributed by atoms with Gasteiger partial charge in [0.1, 0.15) is 11.5 Å². The van der Waals surface area contributed by atoms with Crippen LogP contribution in [-0.4, -0.2) is 12.9 Å². The lowest BCUT2D eigenvalue weighted by molar-refractivity contribution is -0.117. The molecule has 0 aliphatic heterocycles. The van der Waals surface area contributed by atoms with E-state index in [9.17, 15) is 4.79 Å². The van der Waals surface area contributed by atoms with Crippen LogP contribution in [0.4, 0.5) is 0 Å². The first-order valence-electron chi connectivity index (χ1n) is 7.42. The fraction of sp³-hybridized carbons (Fsp3) is 0.316. The van der Waals surface area contributed by atoms with Crippen LogP contribution >= 0.6 is 0 Å². The molecule has 0 bridgehead atoms. The number of benzene rings is 2. The Balaban J connectivity index is 1.91. The molecule has 0 heterocycles. The lowest BCUT2D eigenvalue weighted by atomic mass is 9.74. The SMILES string of the molecule is COc1ccc(CC2(c3ccccc3)CCC(=O)C2)cc1. The summed E-state index contributed by atoms with van der Waals surface area (Å²) in [6, 6.07) is 18.7. The molecule has 0 saturated heterocycles. The first-order valence-corrected chi connectivity index (χ1v) is 7.42. The monoisotopic (exact) mass is 280 g/mol. The molecule has 2 aromatic rings. The molecule has 0 spiro atoms. The van der Waals surface area contributed by atoms with Crippen molar-refractivity contribution in [3.05, 3.63) is 65.7 Å². The number of ketones is 1. The normalized spacial score (nSPS) is 21.5. The van der Waals surface area contributed by atoms with Gasteiger partial charge in [0.05, 0.1) is 7.11 Å². The number of methoxy groups -OCH3 is 1. The predicted octanol–water partition coefficient (Wildman–Crippen LogP) is 3.93. The summed E-state index contributed by atoms with van der Waals surface area (Å²) in [7, 11) is 1.68. The van der Waals surface area contributed by atoms with Crippen LogP contribution in [0, 0.1) is 0 Å². The zero-order valence-electron chi connectivity index (χ0n) is 12.3. The highest BCUT2D eigenvalue weighted by atomic mass is 16.5. The number of rotatable bonds is 4. The molecule has 0 amide bonds. The van der Waals surface area contributed by atoms with E-state index in [4.69, 9.17) is 4.74 Å². The Morgan fingerprint density at radius 1 is 1.05 bits per heavy atom. The quantitative estimate of drug-likeness (QED) is 0.848. The Morgan fingerprint density at radius 2 is 1.76 bits per heavy atom. The van der Waals surface area contributed by atoms with E-state index >= 15 is 0 Å². The molecule has 0 N–H and O–H groups in total. The summed E-state index contributed by atoms with van der Waals surface area (Å²) < 4.78 is 5.21. The molecular formula is C19H20O2. The summed E-state index contributed by atoms with van der Waals surface area (Å²) in [4.78, 5) is 11.9. The Kier molecular flexibility index (Phi) is 3.78. The molecular weight excluding hydrogens is 260 g/mol. The van der Waals surface area contributed by atoms with Gasteiger partial charge in [-0.3, -0.25) is 4.79 Å². The molecule has 2 aromatic carbocycles. The average Bonchev–Trinajstić information content (AvgIpc) is 2.91. The summed E-state index contributed by atoms with van der Waals surface area (Å²) in [6.07, 6.45) is 3.21. The Bertz CT molecular complexity index is 616. The van der Waals surface area contributed by atoms with Gasteiger partial charge >= 0.3 is 0 Å². The molecule has 2 heteroatoms. The van der Waals surface area contributed by atoms with Crippen LogP contribution in [0.5, 0.6) is 5.75 Å². The Morgan fingerprint density at radius 3 is 2.33 bits per heavy atom. The third kappa shape index (κ3) is 2.85. The van der Waals surface area contributed by atoms with Crippen molar-refractivity contribution >= 4 is 5.78 Å². The Hall–Kier alpha value is -2.09. The van der Waals surface area contributed by atoms with Crippen molar-refractivity contribution in [1.29, 1.82) is 0 Å². The fourth-order valence-electron chi connectivity index (χ4n) is 3.36. The molecule has 1 aliphatic carbocycles. The number of Topliss-reactive ketones (excluding diaryl/α,β-unsaturated/α-hetero) is 1. The lowest BCUT2D eigenvalue weighted by Gasteiger charge is -2.29. The van der Waals surface area contributed by atoms with E-state index in [-0.39, 0.29) is 5.41 Å². The van der Waals surface area contributed by atoms with Crippen molar-refractivity contribution in [1.82, 2.24) is 0 Å². The third-order valence-electron chi connectivity index (χ3n) is 4.51. The minimum absolute atomic E-state index is 0.0348. The molecule has 1 atom stereocenters. The van der Waals surface area contributed by atoms with Gasteiger partial charge in [-0.1, -0.05) is 42.5 Å². The molecule has 1 aliphatic rings. The summed E-state index contributed by atoms with van der Waals surface area (Å²) in [6.45, 7) is 0. The maximum atomic E-state index is 11.9. The predicted molar refractivity (Wildman–Crippen MR) is 83.7 cm³/mol. The number of hydrogen-bond donors (Lipinski definition) is 0. The van der Waals surface area contributed by atoms with Crippen LogP contribution in [-0.2, 0) is 16.6 Å². The second kappa shape index (κ2) is 5.72.